The van der Waals surface area contributed by atoms with Gasteiger partial charge in [0.25, 0.3) is 5.91 Å². The maximum atomic E-state index is 13.2. The highest BCUT2D eigenvalue weighted by Crippen LogP contribution is 2.30. The summed E-state index contributed by atoms with van der Waals surface area (Å²) in [6.07, 6.45) is 8.70. The van der Waals surface area contributed by atoms with E-state index in [1.54, 1.807) is 24.6 Å². The Morgan fingerprint density at radius 3 is 2.82 bits per heavy atom. The van der Waals surface area contributed by atoms with Gasteiger partial charge in [-0.05, 0) is 72.5 Å². The van der Waals surface area contributed by atoms with E-state index in [9.17, 15) is 4.79 Å². The molecular formula is C26H28N4O2S. The van der Waals surface area contributed by atoms with Crippen LogP contribution in [0, 0.1) is 6.92 Å². The van der Waals surface area contributed by atoms with Crippen LogP contribution in [0.25, 0.3) is 15.9 Å². The summed E-state index contributed by atoms with van der Waals surface area (Å²) in [6.45, 7) is 2.05. The van der Waals surface area contributed by atoms with Crippen molar-refractivity contribution in [2.45, 2.75) is 51.2 Å². The first-order valence-corrected chi connectivity index (χ1v) is 12.3. The molecule has 3 heterocycles. The Hall–Kier alpha value is -3.03. The van der Waals surface area contributed by atoms with E-state index < -0.39 is 0 Å². The average Bonchev–Trinajstić information content (AvgIpc) is 3.51. The summed E-state index contributed by atoms with van der Waals surface area (Å²) in [5, 5.41) is 9.60. The number of aryl methyl sites for hydroxylation is 1. The number of hydrogen-bond acceptors (Lipinski definition) is 5. The monoisotopic (exact) mass is 460 g/mol. The number of pyridine rings is 1. The van der Waals surface area contributed by atoms with Crippen molar-refractivity contribution >= 4 is 27.5 Å². The molecule has 1 aliphatic rings. The van der Waals surface area contributed by atoms with Crippen LogP contribution in [0.15, 0.2) is 54.2 Å². The van der Waals surface area contributed by atoms with Crippen LogP contribution in [0.1, 0.15) is 52.9 Å². The average molecular weight is 461 g/mol. The van der Waals surface area contributed by atoms with Crippen LogP contribution < -0.4 is 5.32 Å². The third kappa shape index (κ3) is 4.56. The SMILES string of the molecule is CO[C@@H]1CCCC[C@H]1NC(=O)c1cc(Cc2ccc(-n3cccn3)cc2)c2scc(C)c2n1. The number of nitrogens with one attached hydrogen (secondary N) is 1. The molecule has 0 saturated heterocycles. The molecule has 2 atom stereocenters. The molecule has 1 fully saturated rings. The van der Waals surface area contributed by atoms with Gasteiger partial charge >= 0.3 is 0 Å². The number of hydrogen-bond donors (Lipinski definition) is 1. The van der Waals surface area contributed by atoms with E-state index in [1.165, 1.54) is 5.56 Å². The molecule has 0 radical (unpaired) electrons. The van der Waals surface area contributed by atoms with Crippen LogP contribution in [0.4, 0.5) is 0 Å². The molecule has 3 aromatic heterocycles. The molecule has 1 amide bonds. The minimum atomic E-state index is -0.119. The second-order valence-electron chi connectivity index (χ2n) is 8.70. The normalized spacial score (nSPS) is 18.5. The standard InChI is InChI=1S/C26H28N4O2S/c1-17-16-33-25-19(14-18-8-10-20(11-9-18)30-13-5-12-27-30)15-22(28-24(17)25)26(31)29-21-6-3-4-7-23(21)32-2/h5,8-13,15-16,21,23H,3-4,6-7,14H2,1-2H3,(H,29,31)/t21-,23-/m1/s1. The van der Waals surface area contributed by atoms with Gasteiger partial charge in [-0.15, -0.1) is 11.3 Å². The maximum Gasteiger partial charge on any atom is 0.270 e. The molecule has 7 heteroatoms. The van der Waals surface area contributed by atoms with Crippen LogP contribution in [0.5, 0.6) is 0 Å². The molecule has 4 aromatic rings. The highest BCUT2D eigenvalue weighted by Gasteiger charge is 2.27. The zero-order chi connectivity index (χ0) is 22.8. The lowest BCUT2D eigenvalue weighted by Gasteiger charge is -2.30. The third-order valence-corrected chi connectivity index (χ3v) is 7.59. The van der Waals surface area contributed by atoms with Crippen molar-refractivity contribution in [2.24, 2.45) is 0 Å². The van der Waals surface area contributed by atoms with E-state index in [1.807, 2.05) is 23.0 Å². The Bertz CT molecular complexity index is 1250. The lowest BCUT2D eigenvalue weighted by molar-refractivity contribution is 0.0391. The second-order valence-corrected chi connectivity index (χ2v) is 9.58. The van der Waals surface area contributed by atoms with E-state index in [2.05, 4.69) is 47.0 Å². The molecule has 1 saturated carbocycles. The van der Waals surface area contributed by atoms with Gasteiger partial charge in [-0.25, -0.2) is 9.67 Å². The Labute approximate surface area is 197 Å². The topological polar surface area (TPSA) is 69.0 Å². The van der Waals surface area contributed by atoms with Gasteiger partial charge in [-0.1, -0.05) is 25.0 Å². The van der Waals surface area contributed by atoms with Crippen molar-refractivity contribution in [3.8, 4) is 5.69 Å². The summed E-state index contributed by atoms with van der Waals surface area (Å²) < 4.78 is 8.61. The summed E-state index contributed by atoms with van der Waals surface area (Å²) in [4.78, 5) is 17.9. The fourth-order valence-electron chi connectivity index (χ4n) is 4.63. The first-order chi connectivity index (χ1) is 16.1. The van der Waals surface area contributed by atoms with Gasteiger partial charge in [-0.2, -0.15) is 5.10 Å². The Balaban J connectivity index is 1.42. The molecule has 6 nitrogen and oxygen atoms in total. The number of benzene rings is 1. The summed E-state index contributed by atoms with van der Waals surface area (Å²) in [5.41, 5.74) is 5.84. The number of nitrogens with zero attached hydrogens (tertiary/aromatic N) is 3. The largest absolute Gasteiger partial charge is 0.379 e. The highest BCUT2D eigenvalue weighted by molar-refractivity contribution is 7.17. The lowest BCUT2D eigenvalue weighted by atomic mass is 9.92. The number of ether oxygens (including phenoxy) is 1. The number of carbonyl (C=O) groups excluding carboxylic acids is 1. The van der Waals surface area contributed by atoms with Gasteiger partial charge < -0.3 is 10.1 Å². The van der Waals surface area contributed by atoms with E-state index in [-0.39, 0.29) is 18.1 Å². The number of aromatic nitrogens is 3. The number of amides is 1. The Morgan fingerprint density at radius 2 is 2.06 bits per heavy atom. The minimum Gasteiger partial charge on any atom is -0.379 e. The summed E-state index contributed by atoms with van der Waals surface area (Å²) in [6, 6.07) is 12.3. The first kappa shape index (κ1) is 21.8. The van der Waals surface area contributed by atoms with Crippen LogP contribution >= 0.6 is 11.3 Å². The highest BCUT2D eigenvalue weighted by atomic mass is 32.1. The van der Waals surface area contributed by atoms with Gasteiger partial charge in [0.2, 0.25) is 0 Å². The fourth-order valence-corrected chi connectivity index (χ4v) is 5.64. The molecule has 0 aliphatic heterocycles. The summed E-state index contributed by atoms with van der Waals surface area (Å²) in [5.74, 6) is -0.119. The number of rotatable bonds is 6. The second kappa shape index (κ2) is 9.45. The Kier molecular flexibility index (Phi) is 6.24. The van der Waals surface area contributed by atoms with E-state index >= 15 is 0 Å². The molecule has 170 valence electrons. The van der Waals surface area contributed by atoms with Crippen molar-refractivity contribution < 1.29 is 9.53 Å². The quantitative estimate of drug-likeness (QED) is 0.436. The molecular weight excluding hydrogens is 432 g/mol. The van der Waals surface area contributed by atoms with Gasteiger partial charge in [0.05, 0.1) is 28.0 Å². The van der Waals surface area contributed by atoms with E-state index in [0.29, 0.717) is 5.69 Å². The molecule has 5 rings (SSSR count). The van der Waals surface area contributed by atoms with Crippen molar-refractivity contribution in [3.63, 3.8) is 0 Å². The zero-order valence-corrected chi connectivity index (χ0v) is 19.8. The molecule has 0 unspecified atom stereocenters. The molecule has 0 bridgehead atoms. The lowest BCUT2D eigenvalue weighted by Crippen LogP contribution is -2.46. The molecule has 1 aliphatic carbocycles. The zero-order valence-electron chi connectivity index (χ0n) is 19.0. The van der Waals surface area contributed by atoms with Crippen molar-refractivity contribution in [1.82, 2.24) is 20.1 Å². The smallest absolute Gasteiger partial charge is 0.270 e. The van der Waals surface area contributed by atoms with Gasteiger partial charge in [0, 0.05) is 19.5 Å². The number of thiophene rings is 1. The molecule has 1 aromatic carbocycles. The van der Waals surface area contributed by atoms with Crippen molar-refractivity contribution in [3.05, 3.63) is 76.6 Å². The first-order valence-electron chi connectivity index (χ1n) is 11.4. The van der Waals surface area contributed by atoms with Crippen LogP contribution in [-0.4, -0.2) is 39.9 Å². The minimum absolute atomic E-state index is 0.0376. The Morgan fingerprint density at radius 1 is 1.24 bits per heavy atom. The predicted octanol–water partition coefficient (Wildman–Crippen LogP) is 5.07. The van der Waals surface area contributed by atoms with Crippen LogP contribution in [-0.2, 0) is 11.2 Å². The number of fused-ring (bicyclic) bond motifs is 1. The molecule has 1 N–H and O–H groups in total. The number of methoxy groups -OCH3 is 1. The maximum absolute atomic E-state index is 13.2. The molecule has 0 spiro atoms. The van der Waals surface area contributed by atoms with E-state index in [4.69, 9.17) is 9.72 Å². The van der Waals surface area contributed by atoms with Crippen molar-refractivity contribution in [1.29, 1.82) is 0 Å². The van der Waals surface area contributed by atoms with Crippen LogP contribution in [0.3, 0.4) is 0 Å². The van der Waals surface area contributed by atoms with Crippen LogP contribution in [0.2, 0.25) is 0 Å². The summed E-state index contributed by atoms with van der Waals surface area (Å²) >= 11 is 1.69. The van der Waals surface area contributed by atoms with Gasteiger partial charge in [0.15, 0.2) is 0 Å². The fraction of sp³-hybridized carbons (Fsp3) is 0.346. The van der Waals surface area contributed by atoms with Gasteiger partial charge in [-0.3, -0.25) is 4.79 Å². The predicted molar refractivity (Wildman–Crippen MR) is 131 cm³/mol. The summed E-state index contributed by atoms with van der Waals surface area (Å²) in [7, 11) is 1.73. The van der Waals surface area contributed by atoms with Crippen molar-refractivity contribution in [2.75, 3.05) is 7.11 Å². The third-order valence-electron chi connectivity index (χ3n) is 6.43. The van der Waals surface area contributed by atoms with E-state index in [0.717, 1.165) is 59.1 Å². The number of carbonyl (C=O) groups is 1. The van der Waals surface area contributed by atoms with Gasteiger partial charge in [0.1, 0.15) is 5.69 Å². The molecule has 33 heavy (non-hydrogen) atoms.